The monoisotopic (exact) mass is 493 g/mol. The summed E-state index contributed by atoms with van der Waals surface area (Å²) in [6.07, 6.45) is -0.142. The fourth-order valence-electron chi connectivity index (χ4n) is 4.96. The maximum Gasteiger partial charge on any atom is 0.392 e. The average Bonchev–Trinajstić information content (AvgIpc) is 3.50. The Morgan fingerprint density at radius 3 is 2.41 bits per heavy atom. The number of fused-ring (bicyclic) bond motifs is 1. The number of alkyl halides is 3. The van der Waals surface area contributed by atoms with Crippen molar-refractivity contribution in [3.8, 4) is 0 Å². The Hall–Kier alpha value is -2.54. The van der Waals surface area contributed by atoms with Crippen LogP contribution in [-0.2, 0) is 22.4 Å². The molecule has 1 saturated carbocycles. The number of amides is 1. The summed E-state index contributed by atoms with van der Waals surface area (Å²) in [7, 11) is 0. The molecule has 8 heteroatoms. The molecule has 2 aromatic rings. The van der Waals surface area contributed by atoms with Gasteiger partial charge in [-0.15, -0.1) is 0 Å². The van der Waals surface area contributed by atoms with Crippen molar-refractivity contribution in [3.05, 3.63) is 63.7 Å². The quantitative estimate of drug-likeness (QED) is 0.429. The summed E-state index contributed by atoms with van der Waals surface area (Å²) in [5.41, 5.74) is 3.34. The highest BCUT2D eigenvalue weighted by Gasteiger charge is 2.45. The Morgan fingerprint density at radius 1 is 1.09 bits per heavy atom. The van der Waals surface area contributed by atoms with E-state index in [0.717, 1.165) is 50.2 Å². The van der Waals surface area contributed by atoms with Gasteiger partial charge in [-0.1, -0.05) is 42.8 Å². The molecule has 2 aromatic carbocycles. The van der Waals surface area contributed by atoms with Gasteiger partial charge in [-0.25, -0.2) is 0 Å². The van der Waals surface area contributed by atoms with Gasteiger partial charge in [0.2, 0.25) is 5.91 Å². The molecule has 34 heavy (non-hydrogen) atoms. The fourth-order valence-corrected chi connectivity index (χ4v) is 5.13. The van der Waals surface area contributed by atoms with E-state index in [2.05, 4.69) is 5.32 Å². The summed E-state index contributed by atoms with van der Waals surface area (Å²) < 4.78 is 41.3. The Morgan fingerprint density at radius 2 is 1.76 bits per heavy atom. The van der Waals surface area contributed by atoms with Gasteiger partial charge in [0.25, 0.3) is 0 Å². The number of carbonyl (C=O) groups excluding carboxylic acids is 1. The molecule has 4 nitrogen and oxygen atoms in total. The second-order valence-electron chi connectivity index (χ2n) is 9.46. The molecule has 0 heterocycles. The van der Waals surface area contributed by atoms with Crippen LogP contribution in [0.4, 0.5) is 18.9 Å². The van der Waals surface area contributed by atoms with Crippen molar-refractivity contribution in [2.75, 3.05) is 5.32 Å². The summed E-state index contributed by atoms with van der Waals surface area (Å²) in [6.45, 7) is 1.02. The number of halogens is 4. The predicted octanol–water partition coefficient (Wildman–Crippen LogP) is 6.72. The third-order valence-corrected chi connectivity index (χ3v) is 7.37. The van der Waals surface area contributed by atoms with E-state index < -0.39 is 29.9 Å². The van der Waals surface area contributed by atoms with Crippen molar-refractivity contribution in [2.45, 2.75) is 63.5 Å². The van der Waals surface area contributed by atoms with E-state index in [1.165, 1.54) is 0 Å². The molecule has 1 amide bonds. The minimum Gasteiger partial charge on any atom is -0.481 e. The zero-order chi connectivity index (χ0) is 24.6. The Balaban J connectivity index is 1.64. The van der Waals surface area contributed by atoms with E-state index in [9.17, 15) is 27.9 Å². The summed E-state index contributed by atoms with van der Waals surface area (Å²) in [5, 5.41) is 12.1. The highest BCUT2D eigenvalue weighted by molar-refractivity contribution is 6.33. The van der Waals surface area contributed by atoms with Crippen molar-refractivity contribution < 1.29 is 27.9 Å². The molecular weight excluding hydrogens is 467 g/mol. The van der Waals surface area contributed by atoms with Crippen LogP contribution >= 0.6 is 11.6 Å². The number of carboxylic acid groups (broad SMARTS) is 1. The van der Waals surface area contributed by atoms with Crippen molar-refractivity contribution in [1.29, 1.82) is 0 Å². The van der Waals surface area contributed by atoms with E-state index >= 15 is 0 Å². The highest BCUT2D eigenvalue weighted by atomic mass is 35.5. The number of carbonyl (C=O) groups is 2. The first-order chi connectivity index (χ1) is 16.0. The maximum atomic E-state index is 13.8. The van der Waals surface area contributed by atoms with Crippen LogP contribution in [0.3, 0.4) is 0 Å². The number of nitrogens with one attached hydrogen (secondary N) is 1. The minimum absolute atomic E-state index is 0.0530. The Kier molecular flexibility index (Phi) is 6.94. The second-order valence-corrected chi connectivity index (χ2v) is 9.87. The zero-order valence-electron chi connectivity index (χ0n) is 18.8. The van der Waals surface area contributed by atoms with E-state index in [4.69, 9.17) is 11.6 Å². The molecule has 1 fully saturated rings. The number of aryl methyl sites for hydroxylation is 2. The normalized spacial score (nSPS) is 18.1. The molecule has 0 saturated heterocycles. The summed E-state index contributed by atoms with van der Waals surface area (Å²) in [5.74, 6) is -5.04. The van der Waals surface area contributed by atoms with Crippen LogP contribution in [0.2, 0.25) is 5.02 Å². The first-order valence-electron chi connectivity index (χ1n) is 11.5. The van der Waals surface area contributed by atoms with Crippen molar-refractivity contribution in [3.63, 3.8) is 0 Å². The van der Waals surface area contributed by atoms with Crippen LogP contribution < -0.4 is 5.32 Å². The third-order valence-electron chi connectivity index (χ3n) is 7.04. The van der Waals surface area contributed by atoms with Gasteiger partial charge in [-0.05, 0) is 78.3 Å². The summed E-state index contributed by atoms with van der Waals surface area (Å²) in [4.78, 5) is 24.6. The lowest BCUT2D eigenvalue weighted by Gasteiger charge is -2.26. The molecule has 0 bridgehead atoms. The number of carboxylic acids is 1. The SMILES string of the molecule is C[C@H](C(C(=O)Nc1cc([C@@H](CC(=O)O)C2CC2)ccc1Cl)c1ccc2c(c1)CCC2)C(F)(F)F. The van der Waals surface area contributed by atoms with E-state index in [1.807, 2.05) is 6.07 Å². The van der Waals surface area contributed by atoms with Gasteiger partial charge < -0.3 is 10.4 Å². The number of aliphatic carboxylic acids is 1. The first kappa shape index (κ1) is 24.6. The molecule has 3 atom stereocenters. The maximum absolute atomic E-state index is 13.8. The second kappa shape index (κ2) is 9.61. The first-order valence-corrected chi connectivity index (χ1v) is 11.9. The smallest absolute Gasteiger partial charge is 0.392 e. The molecular formula is C26H27ClF3NO3. The Bertz CT molecular complexity index is 1100. The van der Waals surface area contributed by atoms with Gasteiger partial charge in [-0.2, -0.15) is 13.2 Å². The standard InChI is InChI=1S/C26H27ClF3NO3/c1-14(26(28,29)30)24(19-8-5-15-3-2-4-17(15)11-19)25(34)31-22-12-18(9-10-21(22)27)20(13-23(32)33)16-6-7-16/h5,8-12,14,16,20,24H,2-4,6-7,13H2,1H3,(H,31,34)(H,32,33)/t14-,20+,24?/m1/s1. The van der Waals surface area contributed by atoms with Crippen LogP contribution in [-0.4, -0.2) is 23.2 Å². The number of anilines is 1. The molecule has 2 aliphatic carbocycles. The van der Waals surface area contributed by atoms with Gasteiger partial charge >= 0.3 is 12.1 Å². The van der Waals surface area contributed by atoms with Crippen LogP contribution in [0.5, 0.6) is 0 Å². The summed E-state index contributed by atoms with van der Waals surface area (Å²) in [6, 6.07) is 10.0. The molecule has 2 N–H and O–H groups in total. The molecule has 182 valence electrons. The van der Waals surface area contributed by atoms with Gasteiger partial charge in [0.1, 0.15) is 0 Å². The van der Waals surface area contributed by atoms with Crippen LogP contribution in [0.15, 0.2) is 36.4 Å². The van der Waals surface area contributed by atoms with Crippen LogP contribution in [0.1, 0.15) is 66.7 Å². The fraction of sp³-hybridized carbons (Fsp3) is 0.462. The molecule has 4 rings (SSSR count). The molecule has 0 aromatic heterocycles. The van der Waals surface area contributed by atoms with Crippen LogP contribution in [0, 0.1) is 11.8 Å². The molecule has 0 radical (unpaired) electrons. The largest absolute Gasteiger partial charge is 0.481 e. The summed E-state index contributed by atoms with van der Waals surface area (Å²) >= 11 is 6.29. The van der Waals surface area contributed by atoms with E-state index in [-0.39, 0.29) is 29.0 Å². The minimum atomic E-state index is -4.56. The third kappa shape index (κ3) is 5.40. The number of hydrogen-bond acceptors (Lipinski definition) is 2. The molecule has 1 unspecified atom stereocenters. The number of hydrogen-bond donors (Lipinski definition) is 2. The van der Waals surface area contributed by atoms with Gasteiger partial charge in [0, 0.05) is 0 Å². The average molecular weight is 494 g/mol. The highest BCUT2D eigenvalue weighted by Crippen LogP contribution is 2.46. The van der Waals surface area contributed by atoms with Crippen molar-refractivity contribution >= 4 is 29.2 Å². The number of rotatable bonds is 8. The van der Waals surface area contributed by atoms with Crippen molar-refractivity contribution in [1.82, 2.24) is 0 Å². The van der Waals surface area contributed by atoms with E-state index in [0.29, 0.717) is 11.1 Å². The number of benzene rings is 2. The van der Waals surface area contributed by atoms with Gasteiger partial charge in [-0.3, -0.25) is 9.59 Å². The van der Waals surface area contributed by atoms with Gasteiger partial charge in [0.15, 0.2) is 0 Å². The lowest BCUT2D eigenvalue weighted by molar-refractivity contribution is -0.178. The van der Waals surface area contributed by atoms with Crippen molar-refractivity contribution in [2.24, 2.45) is 11.8 Å². The zero-order valence-corrected chi connectivity index (χ0v) is 19.5. The lowest BCUT2D eigenvalue weighted by atomic mass is 9.84. The predicted molar refractivity (Wildman–Crippen MR) is 124 cm³/mol. The topological polar surface area (TPSA) is 66.4 Å². The molecule has 0 spiro atoms. The van der Waals surface area contributed by atoms with Crippen LogP contribution in [0.25, 0.3) is 0 Å². The molecule has 2 aliphatic rings. The van der Waals surface area contributed by atoms with Gasteiger partial charge in [0.05, 0.1) is 29.0 Å². The lowest BCUT2D eigenvalue weighted by Crippen LogP contribution is -2.34. The Labute approximate surface area is 201 Å². The van der Waals surface area contributed by atoms with E-state index in [1.54, 1.807) is 30.3 Å². The molecule has 0 aliphatic heterocycles.